The molecule has 12 amide bonds. The number of amides is 12. The molecule has 0 bridgehead atoms. The standard InChI is InChI=1S/C59H85N17O16/c1-3-4-16-39(69-48(81)29-66-51(84)44(27-47(60)80)74-56(89)45(31-77)68-32(2)78)52(85)72-41-20-21-49(82)92-67-23-11-10-18-38(50(61)83)70-55(88)43(25-34-28-65-37-17-9-8-15-36(34)37)73-53(86)40(19-12-22-64-59(62)63)71-54(87)42(24-33-13-6-5-7-14-33)75-57(90)46-26-35(79)30-76(46)58(41)91/h5-9,13-15,17,28,35,38-46,65,67,77,79H,3-4,10-12,16,18-27,29-31H2,1-2H3,(H2,60,80)(H2,61,83)(H,66,84)(H,68,78)(H,69,81)(H,70,88)(H,71,87)(H,72,85)(H,73,86)(H,74,89)(H,75,90)(H4,62,63,64)/t35?,38-,39-,40-,41-,42+,43-,44-,45-,46-/m0/s1. The summed E-state index contributed by atoms with van der Waals surface area (Å²) in [6.07, 6.45) is -0.934. The number of para-hydroxylation sites is 1. The lowest BCUT2D eigenvalue weighted by Gasteiger charge is -2.31. The van der Waals surface area contributed by atoms with Gasteiger partial charge in [-0.15, -0.1) is 0 Å². The number of nitrogens with one attached hydrogen (secondary N) is 11. The van der Waals surface area contributed by atoms with E-state index in [4.69, 9.17) is 27.8 Å². The van der Waals surface area contributed by atoms with E-state index in [9.17, 15) is 72.5 Å². The van der Waals surface area contributed by atoms with Gasteiger partial charge in [-0.05, 0) is 62.1 Å². The van der Waals surface area contributed by atoms with Gasteiger partial charge in [0.2, 0.25) is 70.9 Å². The first-order valence-corrected chi connectivity index (χ1v) is 30.3. The predicted molar refractivity (Wildman–Crippen MR) is 329 cm³/mol. The Hall–Kier alpha value is -9.76. The van der Waals surface area contributed by atoms with E-state index in [2.05, 4.69) is 63.3 Å². The lowest BCUT2D eigenvalue weighted by Crippen LogP contribution is -2.60. The minimum atomic E-state index is -1.68. The Morgan fingerprint density at radius 1 is 0.750 bits per heavy atom. The van der Waals surface area contributed by atoms with Crippen molar-refractivity contribution in [1.29, 1.82) is 0 Å². The third kappa shape index (κ3) is 23.6. The van der Waals surface area contributed by atoms with E-state index in [1.165, 1.54) is 0 Å². The highest BCUT2D eigenvalue weighted by molar-refractivity contribution is 6.00. The van der Waals surface area contributed by atoms with Crippen LogP contribution < -0.4 is 76.3 Å². The molecule has 2 aliphatic heterocycles. The molecule has 2 aliphatic rings. The number of rotatable bonds is 24. The van der Waals surface area contributed by atoms with Gasteiger partial charge in [0.25, 0.3) is 0 Å². The number of nitrogens with zero attached hydrogens (tertiary/aromatic N) is 2. The van der Waals surface area contributed by atoms with Crippen LogP contribution in [-0.2, 0) is 80.0 Å². The maximum atomic E-state index is 14.9. The molecule has 2 fully saturated rings. The van der Waals surface area contributed by atoms with Gasteiger partial charge in [0, 0.05) is 69.3 Å². The number of aromatic amines is 1. The van der Waals surface area contributed by atoms with Gasteiger partial charge in [-0.1, -0.05) is 68.3 Å². The number of benzene rings is 2. The van der Waals surface area contributed by atoms with E-state index in [1.807, 2.05) is 12.1 Å². The van der Waals surface area contributed by atoms with Crippen LogP contribution in [0.4, 0.5) is 0 Å². The van der Waals surface area contributed by atoms with Crippen molar-refractivity contribution in [1.82, 2.24) is 63.2 Å². The van der Waals surface area contributed by atoms with Crippen molar-refractivity contribution in [3.8, 4) is 0 Å². The first kappa shape index (κ1) is 73.0. The van der Waals surface area contributed by atoms with Crippen LogP contribution in [0.3, 0.4) is 0 Å². The van der Waals surface area contributed by atoms with Crippen molar-refractivity contribution in [2.24, 2.45) is 27.9 Å². The molecule has 3 heterocycles. The normalized spacial score (nSPS) is 21.7. The zero-order valence-electron chi connectivity index (χ0n) is 51.3. The van der Waals surface area contributed by atoms with Crippen molar-refractivity contribution in [2.75, 3.05) is 32.8 Å². The average Bonchev–Trinajstić information content (AvgIpc) is 1.68. The highest BCUT2D eigenvalue weighted by Gasteiger charge is 2.44. The van der Waals surface area contributed by atoms with E-state index in [0.717, 1.165) is 22.7 Å². The molecule has 21 N–H and O–H groups in total. The van der Waals surface area contributed by atoms with Gasteiger partial charge in [-0.2, -0.15) is 5.48 Å². The zero-order chi connectivity index (χ0) is 67.4. The first-order chi connectivity index (χ1) is 43.9. The number of fused-ring (bicyclic) bond motifs is 2. The van der Waals surface area contributed by atoms with Gasteiger partial charge in [0.1, 0.15) is 54.4 Å². The SMILES string of the molecule is CCCC[C@H](NC(=O)CNC(=O)[C@H](CC(N)=O)NC(=O)[C@H](CO)NC(C)=O)C(=O)N[C@H]1CCC(=O)ONCCCC[C@@H](C(N)=O)NC(=O)[C@H](Cc2c[nH]c3ccccc23)NC(=O)[C@H](CCCN=C(N)N)NC(=O)[C@@H](Cc2ccccc2)NC(=O)[C@@H]2CC(O)CN2C1=O. The first-order valence-electron chi connectivity index (χ1n) is 30.3. The maximum absolute atomic E-state index is 14.9. The number of aromatic nitrogens is 1. The predicted octanol–water partition coefficient (Wildman–Crippen LogP) is -5.46. The number of carbonyl (C=O) groups is 13. The summed E-state index contributed by atoms with van der Waals surface area (Å²) >= 11 is 0. The summed E-state index contributed by atoms with van der Waals surface area (Å²) in [5, 5.41) is 44.0. The zero-order valence-corrected chi connectivity index (χ0v) is 51.3. The van der Waals surface area contributed by atoms with Crippen LogP contribution >= 0.6 is 0 Å². The van der Waals surface area contributed by atoms with Crippen LogP contribution in [0.25, 0.3) is 10.9 Å². The summed E-state index contributed by atoms with van der Waals surface area (Å²) in [5.41, 5.74) is 26.7. The van der Waals surface area contributed by atoms with Gasteiger partial charge in [0.15, 0.2) is 5.96 Å². The lowest BCUT2D eigenvalue weighted by molar-refractivity contribution is -0.152. The Labute approximate surface area is 529 Å². The Morgan fingerprint density at radius 3 is 2.11 bits per heavy atom. The van der Waals surface area contributed by atoms with Crippen LogP contribution in [0.1, 0.15) is 102 Å². The van der Waals surface area contributed by atoms with Gasteiger partial charge >= 0.3 is 5.97 Å². The number of hydrogen-bond donors (Lipinski definition) is 17. The van der Waals surface area contributed by atoms with Gasteiger partial charge in [0.05, 0.1) is 25.7 Å². The molecule has 1 aromatic heterocycles. The van der Waals surface area contributed by atoms with E-state index in [1.54, 1.807) is 55.6 Å². The van der Waals surface area contributed by atoms with Crippen LogP contribution in [0.2, 0.25) is 0 Å². The summed E-state index contributed by atoms with van der Waals surface area (Å²) in [5.74, 6) is -12.4. The van der Waals surface area contributed by atoms with E-state index in [0.29, 0.717) is 24.0 Å². The number of unbranched alkanes of at least 4 members (excludes halogenated alkanes) is 1. The quantitative estimate of drug-likeness (QED) is 0.0226. The van der Waals surface area contributed by atoms with Crippen LogP contribution in [-0.4, -0.2) is 196 Å². The molecular formula is C59H85N17O16. The molecule has 0 aliphatic carbocycles. The highest BCUT2D eigenvalue weighted by Crippen LogP contribution is 2.23. The second-order valence-corrected chi connectivity index (χ2v) is 22.4. The molecule has 502 valence electrons. The molecular weight excluding hydrogens is 1200 g/mol. The number of aliphatic hydroxyl groups is 2. The second kappa shape index (κ2) is 36.8. The van der Waals surface area contributed by atoms with Crippen molar-refractivity contribution in [3.63, 3.8) is 0 Å². The number of carbonyl (C=O) groups excluding carboxylic acids is 13. The Kier molecular flexibility index (Phi) is 29.2. The monoisotopic (exact) mass is 1290 g/mol. The number of aliphatic imine (C=N–C) groups is 1. The number of hydrogen-bond acceptors (Lipinski definition) is 18. The minimum Gasteiger partial charge on any atom is -0.394 e. The Morgan fingerprint density at radius 2 is 1.42 bits per heavy atom. The topological polar surface area (TPSA) is 527 Å². The summed E-state index contributed by atoms with van der Waals surface area (Å²) < 4.78 is 0. The third-order valence-corrected chi connectivity index (χ3v) is 15.0. The van der Waals surface area contributed by atoms with Gasteiger partial charge in [-0.25, -0.2) is 0 Å². The third-order valence-electron chi connectivity index (χ3n) is 15.0. The molecule has 10 atom stereocenters. The molecule has 33 heteroatoms. The summed E-state index contributed by atoms with van der Waals surface area (Å²) in [4.78, 5) is 191. The van der Waals surface area contributed by atoms with Crippen molar-refractivity contribution >= 4 is 93.7 Å². The molecule has 33 nitrogen and oxygen atoms in total. The number of primary amides is 2. The molecule has 5 rings (SSSR count). The fourth-order valence-corrected chi connectivity index (χ4v) is 10.3. The minimum absolute atomic E-state index is 0.00185. The molecule has 2 aromatic carbocycles. The fraction of sp³-hybridized carbons (Fsp3) is 0.525. The number of nitrogens with two attached hydrogens (primary N) is 4. The van der Waals surface area contributed by atoms with E-state index in [-0.39, 0.29) is 76.8 Å². The molecule has 2 saturated heterocycles. The number of guanidine groups is 1. The van der Waals surface area contributed by atoms with Gasteiger partial charge in [-0.3, -0.25) is 67.3 Å². The van der Waals surface area contributed by atoms with E-state index < -0.39 is 176 Å². The summed E-state index contributed by atoms with van der Waals surface area (Å²) in [6, 6.07) is 2.25. The van der Waals surface area contributed by atoms with Crippen molar-refractivity contribution in [3.05, 3.63) is 71.9 Å². The fourth-order valence-electron chi connectivity index (χ4n) is 10.3. The smallest absolute Gasteiger partial charge is 0.324 e. The number of H-pyrrole nitrogens is 1. The number of hydroxylamine groups is 1. The van der Waals surface area contributed by atoms with E-state index >= 15 is 0 Å². The Balaban J connectivity index is 1.46. The second-order valence-electron chi connectivity index (χ2n) is 22.4. The van der Waals surface area contributed by atoms with Crippen LogP contribution in [0.5, 0.6) is 0 Å². The summed E-state index contributed by atoms with van der Waals surface area (Å²) in [6.45, 7) is 0.673. The van der Waals surface area contributed by atoms with Crippen molar-refractivity contribution in [2.45, 2.75) is 164 Å². The molecule has 1 unspecified atom stereocenters. The molecule has 0 saturated carbocycles. The largest absolute Gasteiger partial charge is 0.394 e. The Bertz CT molecular complexity index is 3120. The van der Waals surface area contributed by atoms with Crippen molar-refractivity contribution < 1.29 is 77.4 Å². The van der Waals surface area contributed by atoms with Crippen LogP contribution in [0.15, 0.2) is 65.8 Å². The highest BCUT2D eigenvalue weighted by atomic mass is 16.7. The summed E-state index contributed by atoms with van der Waals surface area (Å²) in [7, 11) is 0. The molecule has 92 heavy (non-hydrogen) atoms. The molecule has 0 radical (unpaired) electrons. The lowest BCUT2D eigenvalue weighted by atomic mass is 10.0. The maximum Gasteiger partial charge on any atom is 0.324 e. The number of aliphatic hydroxyl groups excluding tert-OH is 2. The molecule has 3 aromatic rings. The van der Waals surface area contributed by atoms with Gasteiger partial charge < -0.3 is 95.7 Å². The van der Waals surface area contributed by atoms with Crippen LogP contribution in [0, 0.1) is 0 Å². The molecule has 0 spiro atoms. The average molecular weight is 1290 g/mol.